The van der Waals surface area contributed by atoms with Gasteiger partial charge in [-0.1, -0.05) is 13.0 Å². The summed E-state index contributed by atoms with van der Waals surface area (Å²) < 4.78 is 0. The molecule has 4 rings (SSSR count). The van der Waals surface area contributed by atoms with Crippen LogP contribution in [0.3, 0.4) is 0 Å². The van der Waals surface area contributed by atoms with Crippen molar-refractivity contribution in [1.29, 1.82) is 0 Å². The van der Waals surface area contributed by atoms with Crippen LogP contribution in [0.5, 0.6) is 0 Å². The predicted molar refractivity (Wildman–Crippen MR) is 128 cm³/mol. The zero-order valence-electron chi connectivity index (χ0n) is 18.4. The smallest absolute Gasteiger partial charge is 0.255 e. The van der Waals surface area contributed by atoms with E-state index < -0.39 is 0 Å². The molecule has 2 N–H and O–H groups in total. The number of benzene rings is 1. The molecule has 2 saturated heterocycles. The number of rotatable bonds is 7. The molecule has 3 heterocycles. The number of carbonyl (C=O) groups is 3. The summed E-state index contributed by atoms with van der Waals surface area (Å²) in [5.74, 6) is -0.356. The van der Waals surface area contributed by atoms with Crippen LogP contribution in [-0.2, 0) is 4.79 Å². The Morgan fingerprint density at radius 1 is 1.12 bits per heavy atom. The van der Waals surface area contributed by atoms with Crippen LogP contribution in [-0.4, -0.2) is 54.8 Å². The summed E-state index contributed by atoms with van der Waals surface area (Å²) in [5.41, 5.74) is 2.20. The van der Waals surface area contributed by atoms with Gasteiger partial charge in [0.2, 0.25) is 5.91 Å². The molecule has 0 radical (unpaired) electrons. The Hall–Kier alpha value is -2.71. The first-order chi connectivity index (χ1) is 15.5. The SMILES string of the molecule is CCCN1CCC(NC(=O)c2cscc2NC(=O)c2cccc(N3CCCC3=O)c2)CC1. The first kappa shape index (κ1) is 22.5. The molecule has 2 fully saturated rings. The van der Waals surface area contributed by atoms with E-state index in [-0.39, 0.29) is 23.8 Å². The minimum absolute atomic E-state index is 0.0832. The first-order valence-corrected chi connectivity index (χ1v) is 12.3. The Morgan fingerprint density at radius 3 is 2.66 bits per heavy atom. The fourth-order valence-corrected chi connectivity index (χ4v) is 5.14. The minimum atomic E-state index is -0.293. The first-order valence-electron chi connectivity index (χ1n) is 11.4. The van der Waals surface area contributed by atoms with Gasteiger partial charge in [0.05, 0.1) is 11.3 Å². The third-order valence-electron chi connectivity index (χ3n) is 6.11. The summed E-state index contributed by atoms with van der Waals surface area (Å²) in [6, 6.07) is 7.23. The highest BCUT2D eigenvalue weighted by Gasteiger charge is 2.24. The quantitative estimate of drug-likeness (QED) is 0.668. The minimum Gasteiger partial charge on any atom is -0.349 e. The van der Waals surface area contributed by atoms with Crippen LogP contribution < -0.4 is 15.5 Å². The van der Waals surface area contributed by atoms with Gasteiger partial charge in [-0.3, -0.25) is 14.4 Å². The molecule has 170 valence electrons. The van der Waals surface area contributed by atoms with Crippen molar-refractivity contribution in [3.05, 3.63) is 46.2 Å². The number of anilines is 2. The lowest BCUT2D eigenvalue weighted by atomic mass is 10.0. The molecule has 1 aromatic heterocycles. The number of thiophene rings is 1. The van der Waals surface area contributed by atoms with Crippen molar-refractivity contribution in [1.82, 2.24) is 10.2 Å². The molecule has 0 atom stereocenters. The van der Waals surface area contributed by atoms with Crippen LogP contribution >= 0.6 is 11.3 Å². The molecule has 2 aromatic rings. The van der Waals surface area contributed by atoms with Gasteiger partial charge >= 0.3 is 0 Å². The fraction of sp³-hybridized carbons (Fsp3) is 0.458. The topological polar surface area (TPSA) is 81.8 Å². The molecule has 1 aromatic carbocycles. The van der Waals surface area contributed by atoms with Crippen molar-refractivity contribution in [3.63, 3.8) is 0 Å². The maximum Gasteiger partial charge on any atom is 0.255 e. The number of amides is 3. The van der Waals surface area contributed by atoms with Crippen LogP contribution in [0.4, 0.5) is 11.4 Å². The van der Waals surface area contributed by atoms with Gasteiger partial charge in [-0.25, -0.2) is 0 Å². The zero-order valence-corrected chi connectivity index (χ0v) is 19.2. The van der Waals surface area contributed by atoms with E-state index in [0.29, 0.717) is 29.8 Å². The van der Waals surface area contributed by atoms with Gasteiger partial charge in [-0.15, -0.1) is 11.3 Å². The van der Waals surface area contributed by atoms with E-state index in [1.807, 2.05) is 6.07 Å². The molecule has 2 aliphatic heterocycles. The molecular formula is C24H30N4O3S. The summed E-state index contributed by atoms with van der Waals surface area (Å²) in [6.45, 7) is 5.97. The van der Waals surface area contributed by atoms with Gasteiger partial charge in [0.1, 0.15) is 0 Å². The molecule has 0 unspecified atom stereocenters. The summed E-state index contributed by atoms with van der Waals surface area (Å²) in [6.07, 6.45) is 4.41. The van der Waals surface area contributed by atoms with E-state index in [9.17, 15) is 14.4 Å². The number of nitrogens with one attached hydrogen (secondary N) is 2. The average Bonchev–Trinajstić information content (AvgIpc) is 3.44. The number of hydrogen-bond donors (Lipinski definition) is 2. The maximum absolute atomic E-state index is 12.9. The van der Waals surface area contributed by atoms with Gasteiger partial charge in [-0.2, -0.15) is 0 Å². The number of nitrogens with zero attached hydrogens (tertiary/aromatic N) is 2. The fourth-order valence-electron chi connectivity index (χ4n) is 4.38. The van der Waals surface area contributed by atoms with Crippen molar-refractivity contribution in [3.8, 4) is 0 Å². The van der Waals surface area contributed by atoms with Crippen LogP contribution in [0.25, 0.3) is 0 Å². The van der Waals surface area contributed by atoms with Crippen molar-refractivity contribution >= 4 is 40.4 Å². The Bertz CT molecular complexity index is 981. The number of carbonyl (C=O) groups excluding carboxylic acids is 3. The summed E-state index contributed by atoms with van der Waals surface area (Å²) >= 11 is 1.39. The lowest BCUT2D eigenvalue weighted by Gasteiger charge is -2.32. The number of likely N-dealkylation sites (tertiary alicyclic amines) is 1. The third kappa shape index (κ3) is 5.19. The molecule has 3 amide bonds. The molecule has 0 bridgehead atoms. The molecule has 7 nitrogen and oxygen atoms in total. The number of hydrogen-bond acceptors (Lipinski definition) is 5. The van der Waals surface area contributed by atoms with Crippen LogP contribution in [0.2, 0.25) is 0 Å². The molecule has 0 aliphatic carbocycles. The van der Waals surface area contributed by atoms with Crippen LogP contribution in [0.1, 0.15) is 59.7 Å². The van der Waals surface area contributed by atoms with E-state index in [0.717, 1.165) is 51.0 Å². The Morgan fingerprint density at radius 2 is 1.94 bits per heavy atom. The van der Waals surface area contributed by atoms with E-state index in [1.165, 1.54) is 11.3 Å². The molecule has 0 spiro atoms. The maximum atomic E-state index is 12.9. The molecule has 2 aliphatic rings. The standard InChI is InChI=1S/C24H30N4O3S/c1-2-10-27-12-8-18(9-13-27)25-24(31)20-15-32-16-21(20)26-23(30)17-5-3-6-19(14-17)28-11-4-7-22(28)29/h3,5-6,14-16,18H,2,4,7-13H2,1H3,(H,25,31)(H,26,30). The van der Waals surface area contributed by atoms with Gasteiger partial charge < -0.3 is 20.4 Å². The molecule has 0 saturated carbocycles. The second-order valence-corrected chi connectivity index (χ2v) is 9.19. The van der Waals surface area contributed by atoms with Crippen LogP contribution in [0.15, 0.2) is 35.0 Å². The van der Waals surface area contributed by atoms with Crippen molar-refractivity contribution in [2.24, 2.45) is 0 Å². The Balaban J connectivity index is 1.38. The van der Waals surface area contributed by atoms with Gasteiger partial charge in [0, 0.05) is 54.1 Å². The van der Waals surface area contributed by atoms with E-state index in [4.69, 9.17) is 0 Å². The third-order valence-corrected chi connectivity index (χ3v) is 6.85. The highest BCUT2D eigenvalue weighted by Crippen LogP contribution is 2.25. The van der Waals surface area contributed by atoms with Crippen LogP contribution in [0, 0.1) is 0 Å². The average molecular weight is 455 g/mol. The van der Waals surface area contributed by atoms with E-state index >= 15 is 0 Å². The van der Waals surface area contributed by atoms with Crippen molar-refractivity contribution in [2.45, 2.75) is 45.1 Å². The largest absolute Gasteiger partial charge is 0.349 e. The lowest BCUT2D eigenvalue weighted by Crippen LogP contribution is -2.44. The highest BCUT2D eigenvalue weighted by molar-refractivity contribution is 7.08. The second-order valence-electron chi connectivity index (χ2n) is 8.44. The second kappa shape index (κ2) is 10.3. The van der Waals surface area contributed by atoms with Gasteiger partial charge in [0.25, 0.3) is 11.8 Å². The number of piperidine rings is 1. The molecular weight excluding hydrogens is 424 g/mol. The molecule has 32 heavy (non-hydrogen) atoms. The Labute approximate surface area is 192 Å². The predicted octanol–water partition coefficient (Wildman–Crippen LogP) is 3.73. The summed E-state index contributed by atoms with van der Waals surface area (Å²) in [4.78, 5) is 41.9. The normalized spacial score (nSPS) is 17.5. The highest BCUT2D eigenvalue weighted by atomic mass is 32.1. The van der Waals surface area contributed by atoms with Crippen molar-refractivity contribution in [2.75, 3.05) is 36.4 Å². The lowest BCUT2D eigenvalue weighted by molar-refractivity contribution is -0.117. The monoisotopic (exact) mass is 454 g/mol. The zero-order chi connectivity index (χ0) is 22.5. The van der Waals surface area contributed by atoms with Crippen molar-refractivity contribution < 1.29 is 14.4 Å². The summed E-state index contributed by atoms with van der Waals surface area (Å²) in [5, 5.41) is 9.57. The molecule has 8 heteroatoms. The van der Waals surface area contributed by atoms with E-state index in [2.05, 4.69) is 22.5 Å². The Kier molecular flexibility index (Phi) is 7.22. The van der Waals surface area contributed by atoms with Gasteiger partial charge in [-0.05, 0) is 50.4 Å². The van der Waals surface area contributed by atoms with Gasteiger partial charge in [0.15, 0.2) is 0 Å². The summed E-state index contributed by atoms with van der Waals surface area (Å²) in [7, 11) is 0. The van der Waals surface area contributed by atoms with E-state index in [1.54, 1.807) is 33.9 Å².